The van der Waals surface area contributed by atoms with Crippen molar-refractivity contribution in [1.29, 1.82) is 0 Å². The minimum Gasteiger partial charge on any atom is -0.453 e. The van der Waals surface area contributed by atoms with Gasteiger partial charge in [0.1, 0.15) is 0 Å². The fraction of sp³-hybridized carbons (Fsp3) is 0.417. The Morgan fingerprint density at radius 1 is 0.736 bits per heavy atom. The molecule has 0 saturated carbocycles. The summed E-state index contributed by atoms with van der Waals surface area (Å²) >= 11 is 0. The monoisotopic (exact) mass is 734 g/mol. The van der Waals surface area contributed by atoms with Gasteiger partial charge < -0.3 is 45.9 Å². The molecule has 1 aliphatic heterocycles. The second kappa shape index (κ2) is 19.5. The summed E-state index contributed by atoms with van der Waals surface area (Å²) in [5.74, 6) is -1.78. The van der Waals surface area contributed by atoms with Gasteiger partial charge >= 0.3 is 24.2 Å². The van der Waals surface area contributed by atoms with Crippen LogP contribution in [-0.4, -0.2) is 122 Å². The number of unbranched alkanes of at least 4 members (excludes halogenated alkanes) is 2. The summed E-state index contributed by atoms with van der Waals surface area (Å²) in [6, 6.07) is 12.0. The van der Waals surface area contributed by atoms with Crippen LogP contribution in [0.3, 0.4) is 0 Å². The lowest BCUT2D eigenvalue weighted by Gasteiger charge is -2.39. The molecule has 1 aliphatic rings. The number of hydrogen-bond acceptors (Lipinski definition) is 9. The molecule has 53 heavy (non-hydrogen) atoms. The van der Waals surface area contributed by atoms with Gasteiger partial charge in [0.15, 0.2) is 0 Å². The number of fused-ring (bicyclic) bond motifs is 1. The predicted octanol–water partition coefficient (Wildman–Crippen LogP) is 3.15. The van der Waals surface area contributed by atoms with Crippen LogP contribution >= 0.6 is 0 Å². The largest absolute Gasteiger partial charge is 0.453 e. The Kier molecular flexibility index (Phi) is 14.6. The molecule has 4 rings (SSSR count). The van der Waals surface area contributed by atoms with Gasteiger partial charge in [-0.1, -0.05) is 30.3 Å². The number of benzene rings is 2. The molecule has 17 heteroatoms. The molecule has 0 bridgehead atoms. The van der Waals surface area contributed by atoms with Crippen LogP contribution in [0.25, 0.3) is 10.9 Å². The number of amides is 7. The van der Waals surface area contributed by atoms with E-state index in [0.717, 1.165) is 0 Å². The molecule has 7 amide bonds. The quantitative estimate of drug-likeness (QED) is 0.0935. The maximum atomic E-state index is 13.9. The van der Waals surface area contributed by atoms with Crippen molar-refractivity contribution < 1.29 is 43.0 Å². The number of hydrogen-bond donors (Lipinski definition) is 5. The molecule has 284 valence electrons. The van der Waals surface area contributed by atoms with Gasteiger partial charge in [-0.2, -0.15) is 0 Å². The predicted molar refractivity (Wildman–Crippen MR) is 195 cm³/mol. The van der Waals surface area contributed by atoms with Crippen LogP contribution in [0.4, 0.5) is 24.9 Å². The minimum absolute atomic E-state index is 0.0282. The SMILES string of the molecule is COC(=O)NCCCCNC(=O)Nc1cccc2c(C(=O)C(=O)N3CCN(C(=O)c4ccccc4)CC3C)cn(C(=O)NCCCCNC(=O)OC)c12. The number of nitrogens with zero attached hydrogens (tertiary/aromatic N) is 3. The first-order chi connectivity index (χ1) is 25.5. The normalized spacial score (nSPS) is 13.8. The summed E-state index contributed by atoms with van der Waals surface area (Å²) in [7, 11) is 2.53. The molecule has 17 nitrogen and oxygen atoms in total. The number of piperazine rings is 1. The third-order valence-corrected chi connectivity index (χ3v) is 8.61. The first-order valence-corrected chi connectivity index (χ1v) is 17.4. The molecule has 3 aromatic rings. The average Bonchev–Trinajstić information content (AvgIpc) is 3.57. The van der Waals surface area contributed by atoms with Gasteiger partial charge in [-0.05, 0) is 50.8 Å². The number of Topliss-reactive ketones (excluding diaryl/α,β-unsaturated/α-hetero) is 1. The number of aromatic nitrogens is 1. The molecule has 5 N–H and O–H groups in total. The van der Waals surface area contributed by atoms with Gasteiger partial charge in [0.05, 0.1) is 31.0 Å². The maximum Gasteiger partial charge on any atom is 0.406 e. The highest BCUT2D eigenvalue weighted by atomic mass is 16.5. The molecule has 1 unspecified atom stereocenters. The Bertz CT molecular complexity index is 1800. The van der Waals surface area contributed by atoms with E-state index in [2.05, 4.69) is 36.1 Å². The minimum atomic E-state index is -0.840. The van der Waals surface area contributed by atoms with E-state index in [1.165, 1.54) is 29.9 Å². The Hall–Kier alpha value is -6.13. The first kappa shape index (κ1) is 39.7. The van der Waals surface area contributed by atoms with Crippen molar-refractivity contribution in [3.05, 3.63) is 65.9 Å². The highest BCUT2D eigenvalue weighted by Crippen LogP contribution is 2.30. The van der Waals surface area contributed by atoms with Crippen LogP contribution in [0.1, 0.15) is 53.3 Å². The number of rotatable bonds is 14. The lowest BCUT2D eigenvalue weighted by molar-refractivity contribution is -0.130. The van der Waals surface area contributed by atoms with Crippen LogP contribution in [0, 0.1) is 0 Å². The number of ketones is 1. The van der Waals surface area contributed by atoms with Crippen molar-refractivity contribution in [3.8, 4) is 0 Å². The lowest BCUT2D eigenvalue weighted by atomic mass is 10.1. The van der Waals surface area contributed by atoms with Crippen molar-refractivity contribution in [2.75, 3.05) is 65.3 Å². The standard InChI is InChI=1S/C36H46N8O9/c1-24-22-42(31(46)25-12-5-4-6-13-25)20-21-43(24)32(47)30(45)27-23-44(34(49)38-17-8-10-19-40-36(51)53-3)29-26(27)14-11-15-28(29)41-33(48)37-16-7-9-18-39-35(50)52-2/h4-6,11-15,23-24H,7-10,16-22H2,1-3H3,(H,38,49)(H,39,50)(H,40,51)(H2,37,41,48). The van der Waals surface area contributed by atoms with Gasteiger partial charge in [-0.3, -0.25) is 19.0 Å². The van der Waals surface area contributed by atoms with E-state index in [4.69, 9.17) is 0 Å². The van der Waals surface area contributed by atoms with Gasteiger partial charge in [0.25, 0.3) is 17.6 Å². The summed E-state index contributed by atoms with van der Waals surface area (Å²) in [6.07, 6.45) is 2.39. The maximum absolute atomic E-state index is 13.9. The molecule has 2 aromatic carbocycles. The summed E-state index contributed by atoms with van der Waals surface area (Å²) in [6.45, 7) is 3.61. The first-order valence-electron chi connectivity index (χ1n) is 17.4. The molecule has 0 spiro atoms. The van der Waals surface area contributed by atoms with E-state index >= 15 is 0 Å². The third kappa shape index (κ3) is 10.7. The molecule has 1 aromatic heterocycles. The van der Waals surface area contributed by atoms with Crippen LogP contribution in [0.5, 0.6) is 0 Å². The topological polar surface area (TPSA) is 210 Å². The molecule has 1 atom stereocenters. The van der Waals surface area contributed by atoms with Crippen molar-refractivity contribution in [2.45, 2.75) is 38.6 Å². The molecular weight excluding hydrogens is 688 g/mol. The highest BCUT2D eigenvalue weighted by Gasteiger charge is 2.35. The molecular formula is C36H46N8O9. The zero-order chi connectivity index (χ0) is 38.3. The fourth-order valence-electron chi connectivity index (χ4n) is 5.85. The second-order valence-corrected chi connectivity index (χ2v) is 12.3. The molecule has 1 fully saturated rings. The van der Waals surface area contributed by atoms with Crippen molar-refractivity contribution in [3.63, 3.8) is 0 Å². The number of para-hydroxylation sites is 1. The van der Waals surface area contributed by atoms with E-state index in [0.29, 0.717) is 44.3 Å². The summed E-state index contributed by atoms with van der Waals surface area (Å²) in [5, 5.41) is 13.7. The lowest BCUT2D eigenvalue weighted by Crippen LogP contribution is -2.56. The Morgan fingerprint density at radius 2 is 1.34 bits per heavy atom. The number of anilines is 1. The smallest absolute Gasteiger partial charge is 0.406 e. The van der Waals surface area contributed by atoms with Gasteiger partial charge in [0.2, 0.25) is 0 Å². The number of alkyl carbamates (subject to hydrolysis) is 2. The number of methoxy groups -OCH3 is 2. The third-order valence-electron chi connectivity index (χ3n) is 8.61. The van der Waals surface area contributed by atoms with Crippen LogP contribution in [-0.2, 0) is 14.3 Å². The zero-order valence-corrected chi connectivity index (χ0v) is 30.1. The summed E-state index contributed by atoms with van der Waals surface area (Å²) in [5.41, 5.74) is 0.931. The molecule has 0 radical (unpaired) electrons. The summed E-state index contributed by atoms with van der Waals surface area (Å²) in [4.78, 5) is 92.7. The zero-order valence-electron chi connectivity index (χ0n) is 30.1. The number of carbonyl (C=O) groups is 7. The number of ether oxygens (including phenoxy) is 2. The van der Waals surface area contributed by atoms with Crippen molar-refractivity contribution in [1.82, 2.24) is 35.6 Å². The number of urea groups is 1. The van der Waals surface area contributed by atoms with Crippen molar-refractivity contribution >= 4 is 58.4 Å². The van der Waals surface area contributed by atoms with E-state index < -0.39 is 42.0 Å². The second-order valence-electron chi connectivity index (χ2n) is 12.3. The average molecular weight is 735 g/mol. The number of carbonyl (C=O) groups excluding carboxylic acids is 7. The molecule has 2 heterocycles. The van der Waals surface area contributed by atoms with E-state index in [1.54, 1.807) is 54.3 Å². The van der Waals surface area contributed by atoms with Gasteiger partial charge in [-0.25, -0.2) is 19.2 Å². The van der Waals surface area contributed by atoms with Crippen LogP contribution in [0.2, 0.25) is 0 Å². The van der Waals surface area contributed by atoms with Gasteiger partial charge in [0, 0.05) is 69.0 Å². The fourth-order valence-corrected chi connectivity index (χ4v) is 5.85. The highest BCUT2D eigenvalue weighted by molar-refractivity contribution is 6.45. The Balaban J connectivity index is 1.50. The van der Waals surface area contributed by atoms with Gasteiger partial charge in [-0.15, -0.1) is 0 Å². The van der Waals surface area contributed by atoms with Crippen LogP contribution < -0.4 is 26.6 Å². The van der Waals surface area contributed by atoms with Crippen LogP contribution in [0.15, 0.2) is 54.7 Å². The molecule has 1 saturated heterocycles. The molecule has 0 aliphatic carbocycles. The van der Waals surface area contributed by atoms with E-state index in [1.807, 2.05) is 6.07 Å². The summed E-state index contributed by atoms with van der Waals surface area (Å²) < 4.78 is 10.3. The Morgan fingerprint density at radius 3 is 1.94 bits per heavy atom. The van der Waals surface area contributed by atoms with Crippen molar-refractivity contribution in [2.24, 2.45) is 0 Å². The van der Waals surface area contributed by atoms with E-state index in [9.17, 15) is 33.6 Å². The number of nitrogens with one attached hydrogen (secondary N) is 5. The Labute approximate surface area is 306 Å². The van der Waals surface area contributed by atoms with E-state index in [-0.39, 0.29) is 60.8 Å².